The summed E-state index contributed by atoms with van der Waals surface area (Å²) >= 11 is 6.09. The zero-order valence-corrected chi connectivity index (χ0v) is 17.4. The Morgan fingerprint density at radius 1 is 1.04 bits per heavy atom. The van der Waals surface area contributed by atoms with Crippen molar-refractivity contribution in [2.75, 3.05) is 25.5 Å². The summed E-state index contributed by atoms with van der Waals surface area (Å²) in [6.45, 7) is 4.38. The van der Waals surface area contributed by atoms with Gasteiger partial charge in [-0.3, -0.25) is 4.72 Å². The lowest BCUT2D eigenvalue weighted by Gasteiger charge is -2.16. The monoisotopic (exact) mass is 413 g/mol. The van der Waals surface area contributed by atoms with Crippen LogP contribution in [0, 0.1) is 0 Å². The van der Waals surface area contributed by atoms with Crippen molar-refractivity contribution in [3.63, 3.8) is 0 Å². The molecule has 2 aromatic rings. The molecule has 1 N–H and O–H groups in total. The zero-order chi connectivity index (χ0) is 20.0. The van der Waals surface area contributed by atoms with E-state index in [-0.39, 0.29) is 10.6 Å². The van der Waals surface area contributed by atoms with Crippen LogP contribution < -0.4 is 18.9 Å². The van der Waals surface area contributed by atoms with E-state index in [2.05, 4.69) is 4.72 Å². The maximum Gasteiger partial charge on any atom is 0.262 e. The molecule has 0 aliphatic rings. The maximum absolute atomic E-state index is 13.0. The highest BCUT2D eigenvalue weighted by atomic mass is 35.5. The van der Waals surface area contributed by atoms with Crippen LogP contribution in [-0.2, 0) is 16.4 Å². The Labute approximate surface area is 165 Å². The molecule has 0 aromatic heterocycles. The average molecular weight is 414 g/mol. The van der Waals surface area contributed by atoms with Gasteiger partial charge in [-0.25, -0.2) is 8.42 Å². The number of ether oxygens (including phenoxy) is 3. The molecular weight excluding hydrogens is 390 g/mol. The fourth-order valence-corrected chi connectivity index (χ4v) is 4.22. The molecule has 0 fully saturated rings. The first-order chi connectivity index (χ1) is 12.9. The van der Waals surface area contributed by atoms with E-state index in [9.17, 15) is 8.42 Å². The number of rotatable bonds is 9. The largest absolute Gasteiger partial charge is 0.495 e. The third-order valence-corrected chi connectivity index (χ3v) is 5.63. The minimum absolute atomic E-state index is 0.198. The van der Waals surface area contributed by atoms with Gasteiger partial charge in [0.2, 0.25) is 0 Å². The number of hydrogen-bond donors (Lipinski definition) is 1. The topological polar surface area (TPSA) is 73.9 Å². The predicted molar refractivity (Wildman–Crippen MR) is 107 cm³/mol. The molecule has 0 spiro atoms. The lowest BCUT2D eigenvalue weighted by molar-refractivity contribution is 0.339. The van der Waals surface area contributed by atoms with Crippen molar-refractivity contribution >= 4 is 27.3 Å². The van der Waals surface area contributed by atoms with Crippen molar-refractivity contribution in [3.8, 4) is 17.2 Å². The number of sulfonamides is 1. The van der Waals surface area contributed by atoms with Gasteiger partial charge in [0.25, 0.3) is 10.0 Å². The van der Waals surface area contributed by atoms with Crippen molar-refractivity contribution in [3.05, 3.63) is 40.9 Å². The molecule has 0 radical (unpaired) electrons. The lowest BCUT2D eigenvalue weighted by atomic mass is 10.1. The Hall–Kier alpha value is -2.12. The van der Waals surface area contributed by atoms with Gasteiger partial charge in [0.15, 0.2) is 0 Å². The van der Waals surface area contributed by atoms with Crippen LogP contribution in [0.15, 0.2) is 35.2 Å². The SMILES string of the molecule is CCCc1cc(OCC)ccc1S(=O)(=O)Nc1cc(OC)c(Cl)cc1OC. The second-order valence-corrected chi connectivity index (χ2v) is 7.80. The van der Waals surface area contributed by atoms with Crippen LogP contribution in [0.5, 0.6) is 17.2 Å². The van der Waals surface area contributed by atoms with Crippen LogP contribution in [0.2, 0.25) is 5.02 Å². The molecule has 8 heteroatoms. The highest BCUT2D eigenvalue weighted by molar-refractivity contribution is 7.92. The first-order valence-corrected chi connectivity index (χ1v) is 10.4. The minimum Gasteiger partial charge on any atom is -0.495 e. The van der Waals surface area contributed by atoms with Crippen molar-refractivity contribution < 1.29 is 22.6 Å². The normalized spacial score (nSPS) is 11.1. The molecule has 148 valence electrons. The molecule has 27 heavy (non-hydrogen) atoms. The van der Waals surface area contributed by atoms with Gasteiger partial charge in [0.1, 0.15) is 17.2 Å². The molecule has 0 aliphatic carbocycles. The van der Waals surface area contributed by atoms with E-state index in [1.807, 2.05) is 13.8 Å². The second-order valence-electron chi connectivity index (χ2n) is 5.75. The minimum atomic E-state index is -3.85. The fourth-order valence-electron chi connectivity index (χ4n) is 2.68. The van der Waals surface area contributed by atoms with E-state index in [4.69, 9.17) is 25.8 Å². The number of methoxy groups -OCH3 is 2. The molecular formula is C19H24ClNO5S. The average Bonchev–Trinajstić information content (AvgIpc) is 2.63. The first kappa shape index (κ1) is 21.2. The number of nitrogens with one attached hydrogen (secondary N) is 1. The number of aryl methyl sites for hydroxylation is 1. The van der Waals surface area contributed by atoms with Crippen molar-refractivity contribution in [1.82, 2.24) is 0 Å². The van der Waals surface area contributed by atoms with Crippen LogP contribution in [-0.4, -0.2) is 29.2 Å². The summed E-state index contributed by atoms with van der Waals surface area (Å²) in [5.74, 6) is 1.29. The summed E-state index contributed by atoms with van der Waals surface area (Å²) in [4.78, 5) is 0.198. The van der Waals surface area contributed by atoms with Gasteiger partial charge in [0.05, 0.1) is 36.4 Å². The van der Waals surface area contributed by atoms with Crippen LogP contribution in [0.3, 0.4) is 0 Å². The van der Waals surface area contributed by atoms with Crippen LogP contribution in [0.25, 0.3) is 0 Å². The molecule has 0 unspecified atom stereocenters. The summed E-state index contributed by atoms with van der Waals surface area (Å²) < 4.78 is 44.6. The number of hydrogen-bond acceptors (Lipinski definition) is 5. The van der Waals surface area contributed by atoms with Crippen LogP contribution >= 0.6 is 11.6 Å². The Morgan fingerprint density at radius 3 is 2.33 bits per heavy atom. The van der Waals surface area contributed by atoms with Crippen molar-refractivity contribution in [1.29, 1.82) is 0 Å². The molecule has 0 atom stereocenters. The van der Waals surface area contributed by atoms with E-state index >= 15 is 0 Å². The van der Waals surface area contributed by atoms with Crippen molar-refractivity contribution in [2.24, 2.45) is 0 Å². The van der Waals surface area contributed by atoms with E-state index in [0.29, 0.717) is 40.9 Å². The van der Waals surface area contributed by atoms with Gasteiger partial charge in [-0.2, -0.15) is 0 Å². The van der Waals surface area contributed by atoms with Crippen molar-refractivity contribution in [2.45, 2.75) is 31.6 Å². The molecule has 2 aromatic carbocycles. The van der Waals surface area contributed by atoms with Gasteiger partial charge in [-0.05, 0) is 37.1 Å². The van der Waals surface area contributed by atoms with Gasteiger partial charge in [-0.15, -0.1) is 0 Å². The van der Waals surface area contributed by atoms with Crippen LogP contribution in [0.4, 0.5) is 5.69 Å². The molecule has 2 rings (SSSR count). The number of anilines is 1. The summed E-state index contributed by atoms with van der Waals surface area (Å²) in [5, 5.41) is 0.324. The van der Waals surface area contributed by atoms with Gasteiger partial charge in [0, 0.05) is 12.1 Å². The third kappa shape index (κ3) is 4.99. The smallest absolute Gasteiger partial charge is 0.262 e. The highest BCUT2D eigenvalue weighted by Crippen LogP contribution is 2.37. The van der Waals surface area contributed by atoms with E-state index in [1.165, 1.54) is 26.4 Å². The third-order valence-electron chi connectivity index (χ3n) is 3.87. The zero-order valence-electron chi connectivity index (χ0n) is 15.8. The Kier molecular flexibility index (Phi) is 7.21. The quantitative estimate of drug-likeness (QED) is 0.654. The molecule has 0 aliphatic heterocycles. The molecule has 6 nitrogen and oxygen atoms in total. The Bertz CT molecular complexity index is 899. The lowest BCUT2D eigenvalue weighted by Crippen LogP contribution is -2.16. The second kappa shape index (κ2) is 9.19. The van der Waals surface area contributed by atoms with Crippen LogP contribution in [0.1, 0.15) is 25.8 Å². The molecule has 0 saturated heterocycles. The van der Waals surface area contributed by atoms with Gasteiger partial charge >= 0.3 is 0 Å². The first-order valence-electron chi connectivity index (χ1n) is 8.56. The molecule has 0 heterocycles. The standard InChI is InChI=1S/C19H24ClNO5S/c1-5-7-13-10-14(26-6-2)8-9-19(13)27(22,23)21-16-12-17(24-3)15(20)11-18(16)25-4/h8-12,21H,5-7H2,1-4H3. The van der Waals surface area contributed by atoms with Gasteiger partial charge < -0.3 is 14.2 Å². The summed E-state index contributed by atoms with van der Waals surface area (Å²) in [6, 6.07) is 7.96. The summed E-state index contributed by atoms with van der Waals surface area (Å²) in [7, 11) is -0.957. The number of halogens is 1. The molecule has 0 bridgehead atoms. The molecule has 0 amide bonds. The number of benzene rings is 2. The summed E-state index contributed by atoms with van der Waals surface area (Å²) in [5.41, 5.74) is 0.936. The Balaban J connectivity index is 2.47. The maximum atomic E-state index is 13.0. The Morgan fingerprint density at radius 2 is 1.74 bits per heavy atom. The van der Waals surface area contributed by atoms with E-state index < -0.39 is 10.0 Å². The fraction of sp³-hybridized carbons (Fsp3) is 0.368. The van der Waals surface area contributed by atoms with E-state index in [0.717, 1.165) is 6.42 Å². The summed E-state index contributed by atoms with van der Waals surface area (Å²) in [6.07, 6.45) is 1.41. The predicted octanol–water partition coefficient (Wildman–Crippen LogP) is 4.51. The molecule has 0 saturated carbocycles. The van der Waals surface area contributed by atoms with E-state index in [1.54, 1.807) is 18.2 Å². The van der Waals surface area contributed by atoms with Gasteiger partial charge in [-0.1, -0.05) is 24.9 Å². The highest BCUT2D eigenvalue weighted by Gasteiger charge is 2.22.